The smallest absolute Gasteiger partial charge is 0.170 e. The normalized spacial score (nSPS) is 10.2. The molecule has 0 unspecified atom stereocenters. The molecule has 0 amide bonds. The average Bonchev–Trinajstić information content (AvgIpc) is 2.35. The quantitative estimate of drug-likeness (QED) is 0.450. The van der Waals surface area contributed by atoms with Crippen LogP contribution in [0.5, 0.6) is 0 Å². The molecule has 0 fully saturated rings. The zero-order chi connectivity index (χ0) is 13.4. The van der Waals surface area contributed by atoms with E-state index in [9.17, 15) is 4.39 Å². The van der Waals surface area contributed by atoms with Gasteiger partial charge in [0.2, 0.25) is 0 Å². The second-order valence-electron chi connectivity index (χ2n) is 3.53. The van der Waals surface area contributed by atoms with E-state index in [0.29, 0.717) is 21.0 Å². The van der Waals surface area contributed by atoms with Crippen LogP contribution in [-0.2, 0) is 4.74 Å². The number of anilines is 1. The number of hydrogen-bond acceptors (Lipinski definition) is 2. The van der Waals surface area contributed by atoms with E-state index in [4.69, 9.17) is 17.0 Å². The van der Waals surface area contributed by atoms with Crippen molar-refractivity contribution < 1.29 is 9.13 Å². The molecule has 0 aromatic heterocycles. The zero-order valence-corrected chi connectivity index (χ0v) is 13.1. The van der Waals surface area contributed by atoms with Crippen molar-refractivity contribution >= 4 is 45.6 Å². The Morgan fingerprint density at radius 1 is 1.50 bits per heavy atom. The first-order chi connectivity index (χ1) is 8.65. The summed E-state index contributed by atoms with van der Waals surface area (Å²) in [5.74, 6) is -0.250. The number of benzene rings is 1. The highest BCUT2D eigenvalue weighted by Gasteiger charge is 2.05. The molecule has 0 spiro atoms. The van der Waals surface area contributed by atoms with Crippen molar-refractivity contribution in [3.05, 3.63) is 27.6 Å². The fourth-order valence-corrected chi connectivity index (χ4v) is 1.99. The maximum atomic E-state index is 13.3. The summed E-state index contributed by atoms with van der Waals surface area (Å²) in [6, 6.07) is 4.86. The molecule has 18 heavy (non-hydrogen) atoms. The van der Waals surface area contributed by atoms with Gasteiger partial charge in [-0.05, 0) is 60.3 Å². The number of hydrogen-bond donors (Lipinski definition) is 2. The first-order valence-electron chi connectivity index (χ1n) is 5.71. The standard InChI is InChI=1S/C12H16FIN2OS/c1-2-17-8-4-7-15-12(18)16-10-6-3-5-9(13)11(10)14/h3,5-6H,2,4,7-8H2,1H3,(H2,15,16,18). The summed E-state index contributed by atoms with van der Waals surface area (Å²) in [4.78, 5) is 0. The third kappa shape index (κ3) is 5.45. The first kappa shape index (κ1) is 15.6. The van der Waals surface area contributed by atoms with E-state index >= 15 is 0 Å². The van der Waals surface area contributed by atoms with Gasteiger partial charge in [0, 0.05) is 19.8 Å². The maximum absolute atomic E-state index is 13.3. The summed E-state index contributed by atoms with van der Waals surface area (Å²) < 4.78 is 19.0. The van der Waals surface area contributed by atoms with Gasteiger partial charge >= 0.3 is 0 Å². The fraction of sp³-hybridized carbons (Fsp3) is 0.417. The molecule has 1 aromatic rings. The minimum Gasteiger partial charge on any atom is -0.382 e. The third-order valence-corrected chi connectivity index (χ3v) is 3.50. The summed E-state index contributed by atoms with van der Waals surface area (Å²) >= 11 is 7.08. The van der Waals surface area contributed by atoms with Gasteiger partial charge < -0.3 is 15.4 Å². The lowest BCUT2D eigenvalue weighted by Crippen LogP contribution is -2.30. The summed E-state index contributed by atoms with van der Waals surface area (Å²) in [5.41, 5.74) is 0.679. The summed E-state index contributed by atoms with van der Waals surface area (Å²) in [7, 11) is 0. The first-order valence-corrected chi connectivity index (χ1v) is 7.20. The number of nitrogens with one attached hydrogen (secondary N) is 2. The molecular weight excluding hydrogens is 366 g/mol. The van der Waals surface area contributed by atoms with E-state index in [2.05, 4.69) is 10.6 Å². The Morgan fingerprint density at radius 3 is 3.00 bits per heavy atom. The van der Waals surface area contributed by atoms with Crippen LogP contribution < -0.4 is 10.6 Å². The second kappa shape index (κ2) is 8.60. The van der Waals surface area contributed by atoms with Gasteiger partial charge in [0.05, 0.1) is 9.26 Å². The highest BCUT2D eigenvalue weighted by Crippen LogP contribution is 2.20. The molecule has 1 rings (SSSR count). The van der Waals surface area contributed by atoms with Gasteiger partial charge in [-0.2, -0.15) is 0 Å². The monoisotopic (exact) mass is 382 g/mol. The molecule has 0 aliphatic rings. The Balaban J connectivity index is 2.34. The van der Waals surface area contributed by atoms with Gasteiger partial charge in [-0.3, -0.25) is 0 Å². The number of halogens is 2. The Kier molecular flexibility index (Phi) is 7.45. The minimum absolute atomic E-state index is 0.250. The van der Waals surface area contributed by atoms with Crippen molar-refractivity contribution in [2.24, 2.45) is 0 Å². The van der Waals surface area contributed by atoms with Gasteiger partial charge in [0.25, 0.3) is 0 Å². The van der Waals surface area contributed by atoms with E-state index in [-0.39, 0.29) is 5.82 Å². The van der Waals surface area contributed by atoms with Gasteiger partial charge in [0.15, 0.2) is 5.11 Å². The largest absolute Gasteiger partial charge is 0.382 e. The molecule has 0 radical (unpaired) electrons. The summed E-state index contributed by atoms with van der Waals surface area (Å²) in [6.07, 6.45) is 0.885. The molecule has 0 saturated carbocycles. The predicted molar refractivity (Wildman–Crippen MR) is 84.5 cm³/mol. The van der Waals surface area contributed by atoms with Gasteiger partial charge in [-0.15, -0.1) is 0 Å². The van der Waals surface area contributed by atoms with Crippen LogP contribution in [0.1, 0.15) is 13.3 Å². The Labute approximate surface area is 126 Å². The van der Waals surface area contributed by atoms with Crippen LogP contribution in [0.4, 0.5) is 10.1 Å². The predicted octanol–water partition coefficient (Wildman–Crippen LogP) is 3.14. The Morgan fingerprint density at radius 2 is 2.28 bits per heavy atom. The number of ether oxygens (including phenoxy) is 1. The van der Waals surface area contributed by atoms with E-state index in [0.717, 1.165) is 19.6 Å². The lowest BCUT2D eigenvalue weighted by molar-refractivity contribution is 0.146. The molecule has 1 aromatic carbocycles. The average molecular weight is 382 g/mol. The molecule has 6 heteroatoms. The number of rotatable bonds is 6. The van der Waals surface area contributed by atoms with Crippen molar-refractivity contribution in [2.45, 2.75) is 13.3 Å². The van der Waals surface area contributed by atoms with Gasteiger partial charge in [0.1, 0.15) is 5.82 Å². The van der Waals surface area contributed by atoms with E-state index in [1.807, 2.05) is 29.5 Å². The van der Waals surface area contributed by atoms with Crippen LogP contribution in [0.3, 0.4) is 0 Å². The molecule has 0 heterocycles. The van der Waals surface area contributed by atoms with E-state index in [1.54, 1.807) is 12.1 Å². The molecule has 0 bridgehead atoms. The highest BCUT2D eigenvalue weighted by atomic mass is 127. The second-order valence-corrected chi connectivity index (χ2v) is 5.02. The molecule has 0 atom stereocenters. The molecule has 0 aliphatic carbocycles. The van der Waals surface area contributed by atoms with Crippen molar-refractivity contribution in [2.75, 3.05) is 25.1 Å². The number of thiocarbonyl (C=S) groups is 1. The summed E-state index contributed by atoms with van der Waals surface area (Å²) in [5, 5.41) is 6.52. The third-order valence-electron chi connectivity index (χ3n) is 2.15. The van der Waals surface area contributed by atoms with E-state index in [1.165, 1.54) is 6.07 Å². The molecule has 0 aliphatic heterocycles. The van der Waals surface area contributed by atoms with Gasteiger partial charge in [-0.1, -0.05) is 6.07 Å². The summed E-state index contributed by atoms with van der Waals surface area (Å²) in [6.45, 7) is 4.14. The molecule has 0 saturated heterocycles. The Hall–Kier alpha value is -0.470. The van der Waals surface area contributed by atoms with E-state index < -0.39 is 0 Å². The van der Waals surface area contributed by atoms with Crippen molar-refractivity contribution in [1.82, 2.24) is 5.32 Å². The molecule has 100 valence electrons. The maximum Gasteiger partial charge on any atom is 0.170 e. The van der Waals surface area contributed by atoms with Crippen LogP contribution >= 0.6 is 34.8 Å². The van der Waals surface area contributed by atoms with Crippen LogP contribution in [0.15, 0.2) is 18.2 Å². The molecule has 3 nitrogen and oxygen atoms in total. The van der Waals surface area contributed by atoms with Crippen LogP contribution in [0.25, 0.3) is 0 Å². The van der Waals surface area contributed by atoms with Crippen LogP contribution in [0, 0.1) is 9.39 Å². The van der Waals surface area contributed by atoms with Gasteiger partial charge in [-0.25, -0.2) is 4.39 Å². The minimum atomic E-state index is -0.250. The van der Waals surface area contributed by atoms with Crippen LogP contribution in [-0.4, -0.2) is 24.9 Å². The van der Waals surface area contributed by atoms with Crippen molar-refractivity contribution in [1.29, 1.82) is 0 Å². The lowest BCUT2D eigenvalue weighted by Gasteiger charge is -2.12. The highest BCUT2D eigenvalue weighted by molar-refractivity contribution is 14.1. The van der Waals surface area contributed by atoms with Crippen molar-refractivity contribution in [3.8, 4) is 0 Å². The zero-order valence-electron chi connectivity index (χ0n) is 10.1. The fourth-order valence-electron chi connectivity index (χ4n) is 1.29. The van der Waals surface area contributed by atoms with Crippen LogP contribution in [0.2, 0.25) is 0 Å². The Bertz CT molecular complexity index is 404. The molecular formula is C12H16FIN2OS. The SMILES string of the molecule is CCOCCCNC(=S)Nc1cccc(F)c1I. The lowest BCUT2D eigenvalue weighted by atomic mass is 10.3. The molecule has 2 N–H and O–H groups in total. The topological polar surface area (TPSA) is 33.3 Å². The van der Waals surface area contributed by atoms with Crippen molar-refractivity contribution in [3.63, 3.8) is 0 Å².